The van der Waals surface area contributed by atoms with Crippen LogP contribution in [-0.2, 0) is 105 Å². The molecule has 0 aromatic heterocycles. The predicted octanol–water partition coefficient (Wildman–Crippen LogP) is -8.06. The summed E-state index contributed by atoms with van der Waals surface area (Å²) >= 11 is 0. The minimum absolute atomic E-state index is 0.0758. The largest absolute Gasteiger partial charge is 0.477 e. The lowest BCUT2D eigenvalue weighted by Crippen LogP contribution is -2.73. The first-order valence-electron chi connectivity index (χ1n) is 50.6. The van der Waals surface area contributed by atoms with E-state index < -0.39 is 365 Å². The minimum atomic E-state index is -3.53. The van der Waals surface area contributed by atoms with Crippen molar-refractivity contribution in [3.8, 4) is 0 Å². The number of carbonyl (C=O) groups excluding carboxylic acids is 5. The number of amides is 5. The van der Waals surface area contributed by atoms with Crippen LogP contribution in [-0.4, -0.2) is 481 Å². The van der Waals surface area contributed by atoms with Crippen LogP contribution >= 0.6 is 0 Å². The van der Waals surface area contributed by atoms with E-state index in [1.165, 1.54) is 83.1 Å². The van der Waals surface area contributed by atoms with Crippen LogP contribution in [0.2, 0.25) is 0 Å². The van der Waals surface area contributed by atoms with Gasteiger partial charge < -0.3 is 225 Å². The van der Waals surface area contributed by atoms with Crippen molar-refractivity contribution in [1.29, 1.82) is 0 Å². The van der Waals surface area contributed by atoms with Crippen LogP contribution in [0.1, 0.15) is 215 Å². The third kappa shape index (κ3) is 34.5. The SMILES string of the molecule is CCCCCCCCCCCCC/C=C/[C@@H](O)[C@H](CO[C@@H]1OC(CO)[C@@H](O[C@@H]2OC(CO)[C@H](O[C@@H]3OC(CO)[C@H](O)[C@H](O[C@@H]4OC(CO)[C@H](O)[C@H](O)C4O)C3NC(C)=O)[C@H](O[C@@H]3OC(CO)[C@@H](O)[C@H](O[C@@H]4OC(CO)[C@H](O[C@@H]5OC(CO)[C@H](O)[C@H](O)C5NC(C)=O)[C@H](O[C@]5(C(=O)O)CC(O)[C@@H](NC(C)=O)C([C@H](O)[C@H](O)CO)O5)C4O)C3NC(C)=O)C2O)[C@H](O)C1O)NC(=O)CCCCCCCCCCCCCCC. The monoisotopic (exact) mass is 2090 g/mol. The quantitative estimate of drug-likeness (QED) is 0.0199. The predicted molar refractivity (Wildman–Crippen MR) is 490 cm³/mol. The lowest BCUT2D eigenvalue weighted by atomic mass is 9.88. The molecule has 8 fully saturated rings. The average Bonchev–Trinajstić information content (AvgIpc) is 0.741. The van der Waals surface area contributed by atoms with Gasteiger partial charge in [-0.3, -0.25) is 24.0 Å². The van der Waals surface area contributed by atoms with Crippen molar-refractivity contribution >= 4 is 35.5 Å². The summed E-state index contributed by atoms with van der Waals surface area (Å²) in [5, 5.41) is 287. The Bertz CT molecular complexity index is 3740. The highest BCUT2D eigenvalue weighted by Crippen LogP contribution is 2.44. The van der Waals surface area contributed by atoms with Crippen molar-refractivity contribution < 1.29 is 227 Å². The third-order valence-corrected chi connectivity index (χ3v) is 27.2. The van der Waals surface area contributed by atoms with E-state index >= 15 is 0 Å². The van der Waals surface area contributed by atoms with Gasteiger partial charge in [-0.05, 0) is 19.3 Å². The van der Waals surface area contributed by atoms with Gasteiger partial charge >= 0.3 is 5.97 Å². The first kappa shape index (κ1) is 124. The van der Waals surface area contributed by atoms with Gasteiger partial charge in [-0.25, -0.2) is 4.79 Å². The molecule has 0 radical (unpaired) electrons. The molecule has 8 aliphatic rings. The molecule has 8 aliphatic heterocycles. The summed E-state index contributed by atoms with van der Waals surface area (Å²) < 4.78 is 98.8. The second kappa shape index (κ2) is 62.2. The normalized spacial score (nSPS) is 38.4. The van der Waals surface area contributed by atoms with Crippen LogP contribution in [0.3, 0.4) is 0 Å². The zero-order chi connectivity index (χ0) is 106. The molecule has 0 spiro atoms. The zero-order valence-corrected chi connectivity index (χ0v) is 82.6. The molecule has 51 heteroatoms. The van der Waals surface area contributed by atoms with Gasteiger partial charge in [-0.2, -0.15) is 0 Å². The maximum atomic E-state index is 14.1. The van der Waals surface area contributed by atoms with Gasteiger partial charge in [0.05, 0.1) is 83.8 Å². The standard InChI is InChI=1S/C93H163N5O46/c1-7-9-11-13-15-17-19-21-23-25-27-29-31-33-50(111)49(98-60(114)34-32-30-28-26-24-22-20-18-16-14-12-10-8-2)44-129-88-74(124)72(122)77(57(41-104)134-88)137-90-75(125)83(78(58(42-105)135-90)138-86-63(96-47(5)109)80(68(118)55(39-102)131-86)140-89-73(123)71(121)67(117)54(38-101)133-89)142-87-64(97-48(6)110)81(69(119)56(40-103)132-87)141-91-76(126)84(79(59(43-106)136-91)139-85-62(95-46(4)108)70(120)66(116)53(37-100)130-85)144-93(92(127)128)35-51(112)61(94-45(3)107)82(143-93)65(115)52(113)36-99/h31,33,49-59,61-91,99-106,111-113,115-126H,7-30,32,34-44H2,1-6H3,(H,94,107)(H,95,108)(H,96,109)(H,97,110)(H,98,114)(H,127,128)/b33-31+/t49-,50+,51?,52+,53?,54?,55?,56?,57?,58?,59?,61+,62?,63?,64?,65+,66-,67-,68-,69+,70+,71-,72+,73?,74?,75?,76?,77+,78-,79-,80+,81+,82?,83+,84+,85-,86-,87-,88+,89-,90-,91-,93-/m0/s1. The molecule has 8 rings (SSSR count). The Hall–Kier alpha value is -5.00. The first-order valence-corrected chi connectivity index (χ1v) is 50.6. The molecule has 51 nitrogen and oxygen atoms in total. The molecular weight excluding hydrogens is 1920 g/mol. The fourth-order valence-corrected chi connectivity index (χ4v) is 19.2. The smallest absolute Gasteiger partial charge is 0.364 e. The number of hydrogen-bond donors (Lipinski definition) is 29. The summed E-state index contributed by atoms with van der Waals surface area (Å²) in [6, 6.07) is -9.28. The van der Waals surface area contributed by atoms with E-state index in [2.05, 4.69) is 40.4 Å². The maximum Gasteiger partial charge on any atom is 0.364 e. The van der Waals surface area contributed by atoms with Crippen molar-refractivity contribution in [3.63, 3.8) is 0 Å². The Balaban J connectivity index is 1.15. The number of unbranched alkanes of at least 4 members (excludes halogenated alkanes) is 23. The molecule has 144 heavy (non-hydrogen) atoms. The van der Waals surface area contributed by atoms with Crippen LogP contribution < -0.4 is 26.6 Å². The second-order valence-corrected chi connectivity index (χ2v) is 38.5. The molecule has 16 unspecified atom stereocenters. The topological polar surface area (TPSA) is 796 Å². The van der Waals surface area contributed by atoms with Crippen LogP contribution in [0.25, 0.3) is 0 Å². The Labute approximate surface area is 835 Å². The van der Waals surface area contributed by atoms with E-state index in [9.17, 15) is 151 Å². The summed E-state index contributed by atoms with van der Waals surface area (Å²) in [6.07, 6.45) is -53.1. The highest BCUT2D eigenvalue weighted by molar-refractivity contribution is 5.77. The Morgan fingerprint density at radius 1 is 0.361 bits per heavy atom. The third-order valence-electron chi connectivity index (χ3n) is 27.2. The number of carboxylic acid groups (broad SMARTS) is 1. The van der Waals surface area contributed by atoms with E-state index in [4.69, 9.17) is 75.8 Å². The van der Waals surface area contributed by atoms with Crippen LogP contribution in [0.5, 0.6) is 0 Å². The zero-order valence-electron chi connectivity index (χ0n) is 82.6. The summed E-state index contributed by atoms with van der Waals surface area (Å²) in [5.41, 5.74) is 0. The maximum absolute atomic E-state index is 14.1. The molecule has 0 saturated carbocycles. The first-order chi connectivity index (χ1) is 68.8. The van der Waals surface area contributed by atoms with Crippen molar-refractivity contribution in [2.45, 2.75) is 478 Å². The number of rotatable bonds is 61. The van der Waals surface area contributed by atoms with E-state index in [1.54, 1.807) is 6.08 Å². The molecule has 8 heterocycles. The van der Waals surface area contributed by atoms with Crippen molar-refractivity contribution in [2.24, 2.45) is 0 Å². The number of allylic oxidation sites excluding steroid dienone is 1. The van der Waals surface area contributed by atoms with Gasteiger partial charge in [-0.1, -0.05) is 167 Å². The van der Waals surface area contributed by atoms with Gasteiger partial charge in [0.1, 0.15) is 189 Å². The van der Waals surface area contributed by atoms with Gasteiger partial charge in [0.2, 0.25) is 29.5 Å². The lowest BCUT2D eigenvalue weighted by Gasteiger charge is -2.53. The number of nitrogens with one attached hydrogen (secondary N) is 5. The molecule has 29 N–H and O–H groups in total. The van der Waals surface area contributed by atoms with Gasteiger partial charge in [0, 0.05) is 40.5 Å². The number of aliphatic hydroxyl groups is 23. The molecule has 836 valence electrons. The fourth-order valence-electron chi connectivity index (χ4n) is 19.2. The molecule has 5 amide bonds. The molecular formula is C93H163N5O46. The van der Waals surface area contributed by atoms with E-state index in [0.717, 1.165) is 98.3 Å². The highest BCUT2D eigenvalue weighted by atomic mass is 16.8. The highest BCUT2D eigenvalue weighted by Gasteiger charge is 2.64. The summed E-state index contributed by atoms with van der Waals surface area (Å²) in [7, 11) is 0. The fraction of sp³-hybridized carbons (Fsp3) is 0.914. The molecule has 0 aromatic carbocycles. The Morgan fingerprint density at radius 3 is 1.15 bits per heavy atom. The number of hydrogen-bond acceptors (Lipinski definition) is 45. The summed E-state index contributed by atoms with van der Waals surface area (Å²) in [6.45, 7) is -2.32. The number of carboxylic acids is 1. The second-order valence-electron chi connectivity index (χ2n) is 38.5. The van der Waals surface area contributed by atoms with Crippen molar-refractivity contribution in [3.05, 3.63) is 12.2 Å². The van der Waals surface area contributed by atoms with E-state index in [-0.39, 0.29) is 6.42 Å². The molecule has 8 saturated heterocycles. The van der Waals surface area contributed by atoms with E-state index in [0.29, 0.717) is 12.8 Å². The number of carbonyl (C=O) groups is 6. The summed E-state index contributed by atoms with van der Waals surface area (Å²) in [5.74, 6) is -10.2. The number of ether oxygens (including phenoxy) is 16. The molecule has 0 aromatic rings. The van der Waals surface area contributed by atoms with Crippen molar-refractivity contribution in [2.75, 3.05) is 59.5 Å². The number of aliphatic carboxylic acids is 1. The van der Waals surface area contributed by atoms with Gasteiger partial charge in [0.25, 0.3) is 5.79 Å². The van der Waals surface area contributed by atoms with Crippen LogP contribution in [0, 0.1) is 0 Å². The Kier molecular flexibility index (Phi) is 53.7. The van der Waals surface area contributed by atoms with Crippen LogP contribution in [0.15, 0.2) is 12.2 Å². The minimum Gasteiger partial charge on any atom is -0.477 e. The molecule has 43 atom stereocenters. The van der Waals surface area contributed by atoms with Gasteiger partial charge in [0.15, 0.2) is 44.0 Å². The number of aliphatic hydroxyl groups excluding tert-OH is 23. The van der Waals surface area contributed by atoms with E-state index in [1.807, 2.05) is 0 Å². The average molecular weight is 2090 g/mol. The molecule has 0 bridgehead atoms. The lowest BCUT2D eigenvalue weighted by molar-refractivity contribution is -0.405. The van der Waals surface area contributed by atoms with Gasteiger partial charge in [-0.15, -0.1) is 0 Å². The van der Waals surface area contributed by atoms with Crippen molar-refractivity contribution in [1.82, 2.24) is 26.6 Å². The molecule has 0 aliphatic carbocycles. The van der Waals surface area contributed by atoms with Crippen LogP contribution in [0.4, 0.5) is 0 Å². The summed E-state index contributed by atoms with van der Waals surface area (Å²) in [4.78, 5) is 80.8. The Morgan fingerprint density at radius 2 is 0.708 bits per heavy atom.